The van der Waals surface area contributed by atoms with Crippen molar-refractivity contribution in [3.63, 3.8) is 0 Å². The van der Waals surface area contributed by atoms with E-state index >= 15 is 0 Å². The molecule has 0 radical (unpaired) electrons. The molecule has 3 atom stereocenters. The number of anilines is 1. The van der Waals surface area contributed by atoms with Crippen molar-refractivity contribution in [3.05, 3.63) is 150 Å². The van der Waals surface area contributed by atoms with Crippen LogP contribution in [0.25, 0.3) is 11.1 Å². The minimum atomic E-state index is -0.636. The van der Waals surface area contributed by atoms with E-state index in [-0.39, 0.29) is 17.1 Å². The van der Waals surface area contributed by atoms with Gasteiger partial charge in [-0.15, -0.1) is 0 Å². The van der Waals surface area contributed by atoms with Crippen LogP contribution in [0.4, 0.5) is 5.69 Å². The van der Waals surface area contributed by atoms with Crippen LogP contribution in [0.15, 0.2) is 127 Å². The van der Waals surface area contributed by atoms with Gasteiger partial charge in [-0.3, -0.25) is 4.79 Å². The molecule has 0 bridgehead atoms. The van der Waals surface area contributed by atoms with Gasteiger partial charge in [-0.2, -0.15) is 0 Å². The maximum Gasteiger partial charge on any atom is 0.173 e. The Balaban J connectivity index is 1.73. The van der Waals surface area contributed by atoms with Gasteiger partial charge in [0.2, 0.25) is 0 Å². The molecular formula is C37H35NO. The van der Waals surface area contributed by atoms with Gasteiger partial charge in [0, 0.05) is 23.7 Å². The van der Waals surface area contributed by atoms with E-state index in [0.717, 1.165) is 27.8 Å². The van der Waals surface area contributed by atoms with Crippen LogP contribution in [0.2, 0.25) is 0 Å². The fourth-order valence-corrected chi connectivity index (χ4v) is 7.12. The molecular weight excluding hydrogens is 474 g/mol. The van der Waals surface area contributed by atoms with Gasteiger partial charge in [0.1, 0.15) is 0 Å². The third-order valence-electron chi connectivity index (χ3n) is 9.34. The Morgan fingerprint density at radius 3 is 1.90 bits per heavy atom. The molecule has 2 heteroatoms. The highest BCUT2D eigenvalue weighted by molar-refractivity contribution is 6.10. The van der Waals surface area contributed by atoms with E-state index in [0.29, 0.717) is 0 Å². The van der Waals surface area contributed by atoms with E-state index in [1.807, 2.05) is 36.4 Å². The number of carbonyl (C=O) groups is 1. The summed E-state index contributed by atoms with van der Waals surface area (Å²) in [6.45, 7) is 6.98. The summed E-state index contributed by atoms with van der Waals surface area (Å²) in [4.78, 5) is 17.3. The number of rotatable bonds is 5. The molecule has 0 unspecified atom stereocenters. The Morgan fingerprint density at radius 1 is 0.744 bits per heavy atom. The summed E-state index contributed by atoms with van der Waals surface area (Å²) in [5.74, 6) is -0.00164. The number of para-hydroxylation sites is 1. The van der Waals surface area contributed by atoms with E-state index < -0.39 is 11.5 Å². The van der Waals surface area contributed by atoms with E-state index in [4.69, 9.17) is 0 Å². The molecule has 39 heavy (non-hydrogen) atoms. The molecule has 0 saturated carbocycles. The summed E-state index contributed by atoms with van der Waals surface area (Å²) in [6, 6.07) is 39.6. The standard InChI is InChI=1S/C37H35NO/c1-26(2)36(3)32-22-14-15-23-33(32)38(4)37(36)25-30(27-16-8-5-9-17-27)24-31(28-18-10-6-11-19-28)34(37)35(39)29-20-12-7-13-21-29/h5-26,34H,1-4H3/t34-,36-,37-/m0/s1. The van der Waals surface area contributed by atoms with Crippen molar-refractivity contribution in [2.75, 3.05) is 11.9 Å². The molecule has 0 amide bonds. The molecule has 1 heterocycles. The molecule has 1 spiro atoms. The fraction of sp³-hybridized carbons (Fsp3) is 0.216. The van der Waals surface area contributed by atoms with E-state index in [2.05, 4.69) is 124 Å². The lowest BCUT2D eigenvalue weighted by Gasteiger charge is -2.55. The van der Waals surface area contributed by atoms with Crippen LogP contribution < -0.4 is 4.90 Å². The molecule has 4 aromatic carbocycles. The number of hydrogen-bond donors (Lipinski definition) is 0. The van der Waals surface area contributed by atoms with Crippen molar-refractivity contribution in [3.8, 4) is 0 Å². The Bertz CT molecular complexity index is 1570. The van der Waals surface area contributed by atoms with E-state index in [1.54, 1.807) is 0 Å². The number of benzene rings is 4. The highest BCUT2D eigenvalue weighted by Crippen LogP contribution is 2.62. The van der Waals surface area contributed by atoms with Crippen molar-refractivity contribution >= 4 is 22.6 Å². The quantitative estimate of drug-likeness (QED) is 0.252. The molecule has 194 valence electrons. The zero-order valence-corrected chi connectivity index (χ0v) is 23.1. The van der Waals surface area contributed by atoms with Crippen LogP contribution >= 0.6 is 0 Å². The number of hydrogen-bond acceptors (Lipinski definition) is 2. The SMILES string of the molecule is CC(C)[C@@]1(C)c2ccccc2N(C)[C@]12C=C(c1ccccc1)C=C(c1ccccc1)[C@H]2C(=O)c1ccccc1. The third-order valence-corrected chi connectivity index (χ3v) is 9.34. The summed E-state index contributed by atoms with van der Waals surface area (Å²) in [5, 5.41) is 0. The van der Waals surface area contributed by atoms with Crippen molar-refractivity contribution in [1.82, 2.24) is 0 Å². The lowest BCUT2D eigenvalue weighted by Crippen LogP contribution is -2.64. The second-order valence-electron chi connectivity index (χ2n) is 11.4. The Hall–Kier alpha value is -4.17. The first-order chi connectivity index (χ1) is 18.9. The molecule has 4 aromatic rings. The van der Waals surface area contributed by atoms with Crippen LogP contribution in [0.1, 0.15) is 47.8 Å². The van der Waals surface area contributed by atoms with Gasteiger partial charge >= 0.3 is 0 Å². The number of likely N-dealkylation sites (N-methyl/N-ethyl adjacent to an activating group) is 1. The molecule has 0 N–H and O–H groups in total. The first kappa shape index (κ1) is 25.1. The number of ketones is 1. The summed E-state index contributed by atoms with van der Waals surface area (Å²) < 4.78 is 0. The summed E-state index contributed by atoms with van der Waals surface area (Å²) in [7, 11) is 2.19. The van der Waals surface area contributed by atoms with Crippen molar-refractivity contribution in [2.24, 2.45) is 11.8 Å². The summed E-state index contributed by atoms with van der Waals surface area (Å²) in [5.41, 5.74) is 6.72. The van der Waals surface area contributed by atoms with Crippen LogP contribution in [-0.2, 0) is 5.41 Å². The predicted octanol–water partition coefficient (Wildman–Crippen LogP) is 8.47. The molecule has 1 aliphatic carbocycles. The van der Waals surface area contributed by atoms with Gasteiger partial charge in [-0.1, -0.05) is 130 Å². The van der Waals surface area contributed by atoms with Crippen LogP contribution in [-0.4, -0.2) is 18.4 Å². The van der Waals surface area contributed by atoms with Gasteiger partial charge in [-0.05, 0) is 52.0 Å². The number of Topliss-reactive ketones (excluding diaryl/α,β-unsaturated/α-hetero) is 1. The number of allylic oxidation sites excluding steroid dienone is 2. The molecule has 1 aliphatic heterocycles. The van der Waals surface area contributed by atoms with Crippen LogP contribution in [0.5, 0.6) is 0 Å². The Labute approximate surface area is 232 Å². The smallest absolute Gasteiger partial charge is 0.173 e. The fourth-order valence-electron chi connectivity index (χ4n) is 7.12. The van der Waals surface area contributed by atoms with Gasteiger partial charge in [0.15, 0.2) is 5.78 Å². The molecule has 2 nitrogen and oxygen atoms in total. The first-order valence-corrected chi connectivity index (χ1v) is 13.9. The van der Waals surface area contributed by atoms with Crippen molar-refractivity contribution in [1.29, 1.82) is 0 Å². The van der Waals surface area contributed by atoms with Gasteiger partial charge < -0.3 is 4.90 Å². The predicted molar refractivity (Wildman–Crippen MR) is 163 cm³/mol. The number of fused-ring (bicyclic) bond motifs is 1. The Kier molecular flexibility index (Phi) is 6.14. The maximum atomic E-state index is 14.9. The molecule has 6 rings (SSSR count). The zero-order valence-electron chi connectivity index (χ0n) is 23.1. The number of carbonyl (C=O) groups excluding carboxylic acids is 1. The first-order valence-electron chi connectivity index (χ1n) is 13.9. The average Bonchev–Trinajstić information content (AvgIpc) is 3.18. The molecule has 0 fully saturated rings. The zero-order chi connectivity index (χ0) is 27.2. The summed E-state index contributed by atoms with van der Waals surface area (Å²) >= 11 is 0. The topological polar surface area (TPSA) is 20.3 Å². The maximum absolute atomic E-state index is 14.9. The molecule has 0 saturated heterocycles. The lowest BCUT2D eigenvalue weighted by molar-refractivity contribution is 0.0853. The minimum absolute atomic E-state index is 0.153. The molecule has 2 aliphatic rings. The second kappa shape index (κ2) is 9.54. The van der Waals surface area contributed by atoms with Gasteiger partial charge in [0.05, 0.1) is 11.5 Å². The number of nitrogens with zero attached hydrogens (tertiary/aromatic N) is 1. The monoisotopic (exact) mass is 509 g/mol. The summed E-state index contributed by atoms with van der Waals surface area (Å²) in [6.07, 6.45) is 4.68. The lowest BCUT2D eigenvalue weighted by atomic mass is 9.53. The van der Waals surface area contributed by atoms with E-state index in [9.17, 15) is 4.79 Å². The third kappa shape index (κ3) is 3.66. The van der Waals surface area contributed by atoms with Gasteiger partial charge in [0.25, 0.3) is 0 Å². The van der Waals surface area contributed by atoms with Crippen LogP contribution in [0.3, 0.4) is 0 Å². The second-order valence-corrected chi connectivity index (χ2v) is 11.4. The average molecular weight is 510 g/mol. The van der Waals surface area contributed by atoms with Crippen molar-refractivity contribution in [2.45, 2.75) is 31.7 Å². The highest BCUT2D eigenvalue weighted by atomic mass is 16.1. The van der Waals surface area contributed by atoms with Gasteiger partial charge in [-0.25, -0.2) is 0 Å². The molecule has 0 aromatic heterocycles. The van der Waals surface area contributed by atoms with E-state index in [1.165, 1.54) is 11.3 Å². The highest BCUT2D eigenvalue weighted by Gasteiger charge is 2.65. The normalized spacial score (nSPS) is 23.9. The Morgan fingerprint density at radius 2 is 1.28 bits per heavy atom. The van der Waals surface area contributed by atoms with Crippen molar-refractivity contribution < 1.29 is 4.79 Å². The van der Waals surface area contributed by atoms with Crippen LogP contribution in [0, 0.1) is 11.8 Å². The minimum Gasteiger partial charge on any atom is -0.363 e. The largest absolute Gasteiger partial charge is 0.363 e.